The summed E-state index contributed by atoms with van der Waals surface area (Å²) in [4.78, 5) is 0. The number of fused-ring (bicyclic) bond motifs is 3. The molecule has 0 amide bonds. The molecule has 2 unspecified atom stereocenters. The van der Waals surface area contributed by atoms with E-state index in [9.17, 15) is 0 Å². The molecule has 1 heterocycles. The molecule has 0 saturated heterocycles. The van der Waals surface area contributed by atoms with E-state index in [4.69, 9.17) is 0 Å². The molecule has 0 N–H and O–H groups in total. The van der Waals surface area contributed by atoms with Crippen LogP contribution in [0.3, 0.4) is 0 Å². The van der Waals surface area contributed by atoms with Crippen molar-refractivity contribution >= 4 is 16.5 Å². The minimum absolute atomic E-state index is 0. The van der Waals surface area contributed by atoms with Gasteiger partial charge in [-0.2, -0.15) is 0 Å². The van der Waals surface area contributed by atoms with Crippen LogP contribution >= 0.6 is 0 Å². The Bertz CT molecular complexity index is 558. The molecule has 2 atom stereocenters. The summed E-state index contributed by atoms with van der Waals surface area (Å²) in [6.45, 7) is 4.66. The molecule has 0 fully saturated rings. The SMILES string of the molecule is CC1c2ccc3ccccc3c2[N]([Zr+2])C1C.[Cl-].[Cl-]. The second-order valence-corrected chi connectivity index (χ2v) is 5.81. The molecule has 0 aliphatic carbocycles. The number of halogens is 2. The Morgan fingerprint density at radius 1 is 1.00 bits per heavy atom. The van der Waals surface area contributed by atoms with Gasteiger partial charge in [0.25, 0.3) is 0 Å². The second kappa shape index (κ2) is 5.95. The smallest absolute Gasteiger partial charge is 1.00 e. The first-order valence-corrected chi connectivity index (χ1v) is 6.82. The number of nitrogens with zero attached hydrogens (tertiary/aromatic N) is 1. The maximum absolute atomic E-state index is 2.51. The van der Waals surface area contributed by atoms with E-state index in [-0.39, 0.29) is 24.8 Å². The summed E-state index contributed by atoms with van der Waals surface area (Å²) in [7, 11) is 0. The van der Waals surface area contributed by atoms with Crippen molar-refractivity contribution in [2.24, 2.45) is 0 Å². The molecule has 1 aliphatic rings. The molecule has 2 aromatic rings. The molecular weight excluding hydrogens is 344 g/mol. The first-order chi connectivity index (χ1) is 7.70. The number of hydrogen-bond acceptors (Lipinski definition) is 1. The molecule has 0 radical (unpaired) electrons. The van der Waals surface area contributed by atoms with Crippen molar-refractivity contribution in [3.63, 3.8) is 0 Å². The number of rotatable bonds is 0. The van der Waals surface area contributed by atoms with E-state index in [1.807, 2.05) is 0 Å². The van der Waals surface area contributed by atoms with Crippen LogP contribution in [0.5, 0.6) is 0 Å². The van der Waals surface area contributed by atoms with Crippen molar-refractivity contribution in [3.8, 4) is 0 Å². The van der Waals surface area contributed by atoms with E-state index in [0.29, 0.717) is 12.0 Å². The van der Waals surface area contributed by atoms with Crippen LogP contribution in [-0.4, -0.2) is 6.04 Å². The molecule has 1 nitrogen and oxygen atoms in total. The fraction of sp³-hybridized carbons (Fsp3) is 0.286. The van der Waals surface area contributed by atoms with Crippen molar-refractivity contribution < 1.29 is 49.8 Å². The van der Waals surface area contributed by atoms with Gasteiger partial charge in [0.2, 0.25) is 0 Å². The average Bonchev–Trinajstić information content (AvgIpc) is 2.55. The molecule has 93 valence electrons. The van der Waals surface area contributed by atoms with Crippen LogP contribution in [0.2, 0.25) is 0 Å². The number of anilines is 1. The van der Waals surface area contributed by atoms with Gasteiger partial charge in [-0.1, -0.05) is 0 Å². The predicted molar refractivity (Wildman–Crippen MR) is 64.3 cm³/mol. The summed E-state index contributed by atoms with van der Waals surface area (Å²) in [6, 6.07) is 13.9. The molecule has 0 aromatic heterocycles. The zero-order valence-corrected chi connectivity index (χ0v) is 14.3. The minimum Gasteiger partial charge on any atom is -1.00 e. The molecule has 3 rings (SSSR count). The predicted octanol–water partition coefficient (Wildman–Crippen LogP) is -2.38. The van der Waals surface area contributed by atoms with Gasteiger partial charge in [-0.3, -0.25) is 0 Å². The number of hydrogen-bond donors (Lipinski definition) is 0. The molecular formula is C14H14Cl2NZr. The summed E-state index contributed by atoms with van der Waals surface area (Å²) in [5, 5.41) is 2.77. The van der Waals surface area contributed by atoms with Gasteiger partial charge < -0.3 is 24.8 Å². The zero-order valence-electron chi connectivity index (χ0n) is 10.3. The van der Waals surface area contributed by atoms with E-state index in [2.05, 4.69) is 53.1 Å². The van der Waals surface area contributed by atoms with E-state index >= 15 is 0 Å². The van der Waals surface area contributed by atoms with Crippen molar-refractivity contribution in [2.45, 2.75) is 25.8 Å². The zero-order chi connectivity index (χ0) is 11.3. The molecule has 0 saturated carbocycles. The quantitative estimate of drug-likeness (QED) is 0.509. The third kappa shape index (κ3) is 2.24. The maximum Gasteiger partial charge on any atom is -1.00 e. The molecule has 0 spiro atoms. The van der Waals surface area contributed by atoms with E-state index < -0.39 is 0 Å². The van der Waals surface area contributed by atoms with Gasteiger partial charge in [-0.25, -0.2) is 0 Å². The molecule has 1 aliphatic heterocycles. The van der Waals surface area contributed by atoms with Gasteiger partial charge in [0.05, 0.1) is 0 Å². The minimum atomic E-state index is 0. The summed E-state index contributed by atoms with van der Waals surface area (Å²) >= 11 is 1.49. The van der Waals surface area contributed by atoms with Gasteiger partial charge in [0.15, 0.2) is 0 Å². The van der Waals surface area contributed by atoms with Gasteiger partial charge in [0.1, 0.15) is 0 Å². The topological polar surface area (TPSA) is 3.24 Å². The van der Waals surface area contributed by atoms with Gasteiger partial charge in [0, 0.05) is 0 Å². The maximum atomic E-state index is 2.51. The Hall–Kier alpha value is -0.0369. The molecule has 2 aromatic carbocycles. The molecule has 18 heavy (non-hydrogen) atoms. The van der Waals surface area contributed by atoms with Crippen LogP contribution in [0.1, 0.15) is 25.3 Å². The van der Waals surface area contributed by atoms with E-state index in [1.165, 1.54) is 47.0 Å². The Morgan fingerprint density at radius 3 is 2.39 bits per heavy atom. The fourth-order valence-electron chi connectivity index (χ4n) is 2.60. The van der Waals surface area contributed by atoms with Crippen LogP contribution in [0.15, 0.2) is 36.4 Å². The number of benzene rings is 2. The summed E-state index contributed by atoms with van der Waals surface area (Å²) in [5.41, 5.74) is 2.99. The van der Waals surface area contributed by atoms with Crippen molar-refractivity contribution in [1.29, 1.82) is 0 Å². The van der Waals surface area contributed by atoms with Crippen LogP contribution in [0.4, 0.5) is 5.69 Å². The first-order valence-electron chi connectivity index (χ1n) is 5.72. The van der Waals surface area contributed by atoms with Gasteiger partial charge in [-0.05, 0) is 0 Å². The van der Waals surface area contributed by atoms with Gasteiger partial charge >= 0.3 is 112 Å². The standard InChI is InChI=1S/C14H14N.2ClH.Zr/c1-9-10(2)15-14-12(9)8-7-11-5-3-4-6-13(11)14;;;/h3-10H,1-2H3;2*1H;/q-1;;;+3/p-2. The summed E-state index contributed by atoms with van der Waals surface area (Å²) in [5.74, 6) is 0.652. The van der Waals surface area contributed by atoms with Crippen molar-refractivity contribution in [1.82, 2.24) is 0 Å². The van der Waals surface area contributed by atoms with E-state index in [0.717, 1.165) is 0 Å². The van der Waals surface area contributed by atoms with Crippen LogP contribution in [0, 0.1) is 0 Å². The Balaban J connectivity index is 0.000000810. The van der Waals surface area contributed by atoms with Crippen LogP contribution in [0.25, 0.3) is 10.8 Å². The van der Waals surface area contributed by atoms with Gasteiger partial charge in [-0.15, -0.1) is 0 Å². The van der Waals surface area contributed by atoms with Crippen LogP contribution < -0.4 is 27.7 Å². The largest absolute Gasteiger partial charge is 1.00 e. The molecule has 0 bridgehead atoms. The fourth-order valence-corrected chi connectivity index (χ4v) is 3.76. The molecule has 4 heteroatoms. The summed E-state index contributed by atoms with van der Waals surface area (Å²) in [6.07, 6.45) is 0. The monoisotopic (exact) mass is 356 g/mol. The van der Waals surface area contributed by atoms with Crippen molar-refractivity contribution in [2.75, 3.05) is 2.84 Å². The Morgan fingerprint density at radius 2 is 1.67 bits per heavy atom. The van der Waals surface area contributed by atoms with Crippen molar-refractivity contribution in [3.05, 3.63) is 42.0 Å². The van der Waals surface area contributed by atoms with E-state index in [1.54, 1.807) is 0 Å². The Labute approximate surface area is 136 Å². The second-order valence-electron chi connectivity index (χ2n) is 4.62. The Kier molecular flexibility index (Phi) is 5.29. The normalized spacial score (nSPS) is 21.2. The average molecular weight is 358 g/mol. The van der Waals surface area contributed by atoms with Crippen LogP contribution in [-0.2, 0) is 25.0 Å². The third-order valence-corrected chi connectivity index (χ3v) is 5.34. The third-order valence-electron chi connectivity index (χ3n) is 3.79. The summed E-state index contributed by atoms with van der Waals surface area (Å²) < 4.78 is 2.51. The first kappa shape index (κ1) is 16.0.